The van der Waals surface area contributed by atoms with Crippen LogP contribution in [0.25, 0.3) is 0 Å². The van der Waals surface area contributed by atoms with Crippen LogP contribution in [-0.2, 0) is 4.79 Å². The van der Waals surface area contributed by atoms with Gasteiger partial charge in [0.25, 0.3) is 0 Å². The Hall–Kier alpha value is -1.73. The van der Waals surface area contributed by atoms with E-state index in [2.05, 4.69) is 0 Å². The third kappa shape index (κ3) is 3.38. The van der Waals surface area contributed by atoms with Gasteiger partial charge in [0.05, 0.1) is 10.6 Å². The van der Waals surface area contributed by atoms with Crippen LogP contribution in [0.3, 0.4) is 0 Å². The van der Waals surface area contributed by atoms with Crippen LogP contribution in [0.5, 0.6) is 0 Å². The average Bonchev–Trinajstić information content (AvgIpc) is 2.34. The molecule has 1 aromatic rings. The zero-order valence-electron chi connectivity index (χ0n) is 10.4. The molecule has 0 spiro atoms. The number of hydrogen-bond donors (Lipinski definition) is 1. The monoisotopic (exact) mass is 266 g/mol. The van der Waals surface area contributed by atoms with Gasteiger partial charge in [-0.05, 0) is 31.5 Å². The van der Waals surface area contributed by atoms with Crippen LogP contribution < -0.4 is 4.90 Å². The summed E-state index contributed by atoms with van der Waals surface area (Å²) in [5, 5.41) is 18.1. The zero-order valence-corrected chi connectivity index (χ0v) is 11.1. The van der Waals surface area contributed by atoms with Crippen LogP contribution in [0.2, 0.25) is 5.02 Å². The molecule has 1 N–H and O–H groups in total. The standard InChI is InChI=1S/C13H15ClN2O2/c1-3-9(2)16(8-13(17)18)11-5-4-10(7-15)12(14)6-11/h4-6,9H,3,8H2,1-2H3,(H,17,18). The van der Waals surface area contributed by atoms with Gasteiger partial charge in [-0.25, -0.2) is 0 Å². The summed E-state index contributed by atoms with van der Waals surface area (Å²) in [5.74, 6) is -0.893. The molecule has 5 heteroatoms. The molecule has 0 aliphatic carbocycles. The van der Waals surface area contributed by atoms with Gasteiger partial charge in [0.2, 0.25) is 0 Å². The van der Waals surface area contributed by atoms with E-state index in [0.717, 1.165) is 12.1 Å². The summed E-state index contributed by atoms with van der Waals surface area (Å²) < 4.78 is 0. The number of hydrogen-bond acceptors (Lipinski definition) is 3. The average molecular weight is 267 g/mol. The van der Waals surface area contributed by atoms with Crippen molar-refractivity contribution in [1.82, 2.24) is 0 Å². The lowest BCUT2D eigenvalue weighted by molar-refractivity contribution is -0.135. The summed E-state index contributed by atoms with van der Waals surface area (Å²) in [5.41, 5.74) is 1.11. The molecule has 96 valence electrons. The predicted octanol–water partition coefficient (Wildman–Crippen LogP) is 2.90. The van der Waals surface area contributed by atoms with Crippen molar-refractivity contribution in [2.75, 3.05) is 11.4 Å². The quantitative estimate of drug-likeness (QED) is 0.890. The Morgan fingerprint density at radius 3 is 2.72 bits per heavy atom. The van der Waals surface area contributed by atoms with E-state index in [-0.39, 0.29) is 12.6 Å². The van der Waals surface area contributed by atoms with Crippen molar-refractivity contribution in [1.29, 1.82) is 5.26 Å². The van der Waals surface area contributed by atoms with Crippen LogP contribution in [0.15, 0.2) is 18.2 Å². The topological polar surface area (TPSA) is 64.3 Å². The van der Waals surface area contributed by atoms with Crippen LogP contribution >= 0.6 is 11.6 Å². The lowest BCUT2D eigenvalue weighted by Gasteiger charge is -2.29. The Morgan fingerprint density at radius 1 is 1.61 bits per heavy atom. The highest BCUT2D eigenvalue weighted by molar-refractivity contribution is 6.32. The smallest absolute Gasteiger partial charge is 0.323 e. The van der Waals surface area contributed by atoms with Gasteiger partial charge in [-0.1, -0.05) is 18.5 Å². The van der Waals surface area contributed by atoms with Gasteiger partial charge in [0.1, 0.15) is 12.6 Å². The zero-order chi connectivity index (χ0) is 13.7. The van der Waals surface area contributed by atoms with Crippen molar-refractivity contribution >= 4 is 23.3 Å². The molecule has 0 bridgehead atoms. The summed E-state index contributed by atoms with van der Waals surface area (Å²) in [6.45, 7) is 3.86. The Morgan fingerprint density at radius 2 is 2.28 bits per heavy atom. The number of nitriles is 1. The van der Waals surface area contributed by atoms with Crippen molar-refractivity contribution in [2.45, 2.75) is 26.3 Å². The SMILES string of the molecule is CCC(C)N(CC(=O)O)c1ccc(C#N)c(Cl)c1. The lowest BCUT2D eigenvalue weighted by Crippen LogP contribution is -2.37. The van der Waals surface area contributed by atoms with Crippen LogP contribution in [0, 0.1) is 11.3 Å². The molecule has 4 nitrogen and oxygen atoms in total. The van der Waals surface area contributed by atoms with E-state index >= 15 is 0 Å². The van der Waals surface area contributed by atoms with E-state index < -0.39 is 5.97 Å². The van der Waals surface area contributed by atoms with E-state index in [9.17, 15) is 4.79 Å². The van der Waals surface area contributed by atoms with Crippen LogP contribution in [0.1, 0.15) is 25.8 Å². The van der Waals surface area contributed by atoms with E-state index in [1.165, 1.54) is 0 Å². The van der Waals surface area contributed by atoms with Gasteiger partial charge < -0.3 is 10.0 Å². The highest BCUT2D eigenvalue weighted by Gasteiger charge is 2.17. The molecule has 1 aromatic carbocycles. The van der Waals surface area contributed by atoms with Crippen LogP contribution in [0.4, 0.5) is 5.69 Å². The van der Waals surface area contributed by atoms with E-state index in [1.54, 1.807) is 23.1 Å². The minimum absolute atomic E-state index is 0.0861. The second-order valence-electron chi connectivity index (χ2n) is 4.05. The third-order valence-electron chi connectivity index (χ3n) is 2.83. The first kappa shape index (κ1) is 14.3. The highest BCUT2D eigenvalue weighted by Crippen LogP contribution is 2.25. The van der Waals surface area contributed by atoms with Crippen molar-refractivity contribution in [3.8, 4) is 6.07 Å². The maximum atomic E-state index is 10.9. The molecule has 0 heterocycles. The Labute approximate surface area is 111 Å². The summed E-state index contributed by atoms with van der Waals surface area (Å²) in [7, 11) is 0. The van der Waals surface area contributed by atoms with E-state index in [0.29, 0.717) is 10.6 Å². The highest BCUT2D eigenvalue weighted by atomic mass is 35.5. The van der Waals surface area contributed by atoms with Gasteiger partial charge in [-0.2, -0.15) is 5.26 Å². The van der Waals surface area contributed by atoms with Crippen molar-refractivity contribution in [3.63, 3.8) is 0 Å². The molecule has 0 amide bonds. The van der Waals surface area contributed by atoms with Gasteiger partial charge in [0.15, 0.2) is 0 Å². The molecule has 0 saturated carbocycles. The number of anilines is 1. The van der Waals surface area contributed by atoms with E-state index in [4.69, 9.17) is 22.0 Å². The molecule has 0 saturated heterocycles. The molecule has 0 radical (unpaired) electrons. The summed E-state index contributed by atoms with van der Waals surface area (Å²) in [6, 6.07) is 7.03. The number of carbonyl (C=O) groups is 1. The number of carboxylic acids is 1. The second kappa shape index (κ2) is 6.27. The maximum Gasteiger partial charge on any atom is 0.323 e. The number of benzene rings is 1. The first-order valence-corrected chi connectivity index (χ1v) is 6.05. The van der Waals surface area contributed by atoms with Crippen molar-refractivity contribution in [3.05, 3.63) is 28.8 Å². The third-order valence-corrected chi connectivity index (χ3v) is 3.15. The number of aliphatic carboxylic acids is 1. The van der Waals surface area contributed by atoms with Crippen molar-refractivity contribution in [2.24, 2.45) is 0 Å². The van der Waals surface area contributed by atoms with Gasteiger partial charge in [0, 0.05) is 11.7 Å². The molecule has 1 atom stereocenters. The van der Waals surface area contributed by atoms with E-state index in [1.807, 2.05) is 19.9 Å². The largest absolute Gasteiger partial charge is 0.480 e. The molecule has 18 heavy (non-hydrogen) atoms. The molecule has 0 fully saturated rings. The fourth-order valence-corrected chi connectivity index (χ4v) is 1.86. The number of halogens is 1. The molecule has 0 aromatic heterocycles. The fourth-order valence-electron chi connectivity index (χ4n) is 1.64. The molecular weight excluding hydrogens is 252 g/mol. The van der Waals surface area contributed by atoms with Crippen molar-refractivity contribution < 1.29 is 9.90 Å². The first-order chi connectivity index (χ1) is 8.49. The minimum Gasteiger partial charge on any atom is -0.480 e. The Kier molecular flexibility index (Phi) is 4.99. The minimum atomic E-state index is -0.893. The summed E-state index contributed by atoms with van der Waals surface area (Å²) in [6.07, 6.45) is 0.824. The summed E-state index contributed by atoms with van der Waals surface area (Å²) in [4.78, 5) is 12.6. The predicted molar refractivity (Wildman–Crippen MR) is 70.9 cm³/mol. The van der Waals surface area contributed by atoms with Crippen LogP contribution in [-0.4, -0.2) is 23.7 Å². The number of nitrogens with zero attached hydrogens (tertiary/aromatic N) is 2. The normalized spacial score (nSPS) is 11.7. The maximum absolute atomic E-state index is 10.9. The number of carboxylic acid groups (broad SMARTS) is 1. The summed E-state index contributed by atoms with van der Waals surface area (Å²) >= 11 is 5.96. The molecule has 0 aliphatic rings. The molecule has 0 aliphatic heterocycles. The van der Waals surface area contributed by atoms with Gasteiger partial charge in [-0.3, -0.25) is 4.79 Å². The Bertz CT molecular complexity index is 482. The van der Waals surface area contributed by atoms with Gasteiger partial charge in [-0.15, -0.1) is 0 Å². The second-order valence-corrected chi connectivity index (χ2v) is 4.46. The number of rotatable bonds is 5. The molecule has 1 rings (SSSR count). The molecular formula is C13H15ClN2O2. The molecule has 1 unspecified atom stereocenters. The first-order valence-electron chi connectivity index (χ1n) is 5.67. The lowest BCUT2D eigenvalue weighted by atomic mass is 10.1. The fraction of sp³-hybridized carbons (Fsp3) is 0.385. The van der Waals surface area contributed by atoms with Gasteiger partial charge >= 0.3 is 5.97 Å². The Balaban J connectivity index is 3.09.